The quantitative estimate of drug-likeness (QED) is 0.627. The van der Waals surface area contributed by atoms with E-state index in [-0.39, 0.29) is 23.5 Å². The van der Waals surface area contributed by atoms with E-state index in [9.17, 15) is 22.8 Å². The van der Waals surface area contributed by atoms with Crippen molar-refractivity contribution in [2.45, 2.75) is 50.9 Å². The molecule has 1 aromatic carbocycles. The normalized spacial score (nSPS) is 17.5. The van der Waals surface area contributed by atoms with Crippen molar-refractivity contribution in [1.29, 1.82) is 0 Å². The molecule has 2 aliphatic rings. The SMILES string of the molecule is Nc1ncc(C2=CCC(=O)CCC2)cc1NC1CCN(C(=O)c2ccc(OC(F)(F)F)cc2)CC1. The Morgan fingerprint density at radius 1 is 1.14 bits per heavy atom. The smallest absolute Gasteiger partial charge is 0.406 e. The average Bonchev–Trinajstić information content (AvgIpc) is 3.04. The van der Waals surface area contributed by atoms with Gasteiger partial charge in [-0.05, 0) is 67.2 Å². The van der Waals surface area contributed by atoms with Crippen LogP contribution in [0.15, 0.2) is 42.6 Å². The molecule has 2 aromatic rings. The summed E-state index contributed by atoms with van der Waals surface area (Å²) in [5.74, 6) is 0.0315. The number of Topliss-reactive ketones (excluding diaryl/α,β-unsaturated/α-hetero) is 1. The summed E-state index contributed by atoms with van der Waals surface area (Å²) in [5.41, 5.74) is 9.17. The fourth-order valence-corrected chi connectivity index (χ4v) is 4.37. The van der Waals surface area contributed by atoms with Gasteiger partial charge in [-0.25, -0.2) is 4.98 Å². The lowest BCUT2D eigenvalue weighted by Crippen LogP contribution is -2.42. The van der Waals surface area contributed by atoms with Gasteiger partial charge in [0.1, 0.15) is 17.4 Å². The number of ketones is 1. The van der Waals surface area contributed by atoms with Crippen molar-refractivity contribution in [3.63, 3.8) is 0 Å². The molecule has 3 N–H and O–H groups in total. The van der Waals surface area contributed by atoms with E-state index in [2.05, 4.69) is 15.0 Å². The van der Waals surface area contributed by atoms with Crippen LogP contribution in [0.1, 0.15) is 54.4 Å². The number of benzene rings is 1. The fourth-order valence-electron chi connectivity index (χ4n) is 4.37. The highest BCUT2D eigenvalue weighted by Crippen LogP contribution is 2.30. The number of pyridine rings is 1. The van der Waals surface area contributed by atoms with Crippen LogP contribution in [0.3, 0.4) is 0 Å². The number of amides is 1. The molecule has 0 atom stereocenters. The lowest BCUT2D eigenvalue weighted by atomic mass is 10.0. The standard InChI is InChI=1S/C25H27F3N4O3/c26-25(27,28)35-21-8-5-17(6-9-21)24(34)32-12-10-19(11-13-32)31-22-14-18(15-30-23(22)29)16-2-1-3-20(33)7-4-16/h4-6,8-9,14-15,19,31H,1-3,7,10-13H2,(H2,29,30). The predicted molar refractivity (Wildman–Crippen MR) is 126 cm³/mol. The topological polar surface area (TPSA) is 97.5 Å². The number of nitrogens with one attached hydrogen (secondary N) is 1. The molecule has 1 saturated heterocycles. The van der Waals surface area contributed by atoms with Gasteiger partial charge in [0.15, 0.2) is 0 Å². The molecule has 1 fully saturated rings. The maximum absolute atomic E-state index is 12.8. The van der Waals surface area contributed by atoms with Gasteiger partial charge in [0.05, 0.1) is 5.69 Å². The Kier molecular flexibility index (Phi) is 7.28. The molecule has 2 heterocycles. The summed E-state index contributed by atoms with van der Waals surface area (Å²) in [7, 11) is 0. The molecule has 1 aromatic heterocycles. The summed E-state index contributed by atoms with van der Waals surface area (Å²) in [5, 5.41) is 3.44. The largest absolute Gasteiger partial charge is 0.573 e. The third-order valence-corrected chi connectivity index (χ3v) is 6.24. The van der Waals surface area contributed by atoms with Crippen molar-refractivity contribution in [3.05, 3.63) is 53.7 Å². The van der Waals surface area contributed by atoms with Crippen molar-refractivity contribution in [1.82, 2.24) is 9.88 Å². The van der Waals surface area contributed by atoms with E-state index < -0.39 is 6.36 Å². The van der Waals surface area contributed by atoms with Gasteiger partial charge in [0, 0.05) is 43.7 Å². The number of piperidine rings is 1. The van der Waals surface area contributed by atoms with Gasteiger partial charge in [-0.15, -0.1) is 13.2 Å². The fraction of sp³-hybridized carbons (Fsp3) is 0.400. The second kappa shape index (κ2) is 10.4. The molecule has 0 radical (unpaired) electrons. The number of nitrogens with zero attached hydrogens (tertiary/aromatic N) is 2. The highest BCUT2D eigenvalue weighted by molar-refractivity contribution is 5.94. The van der Waals surface area contributed by atoms with Crippen molar-refractivity contribution in [2.24, 2.45) is 0 Å². The van der Waals surface area contributed by atoms with Crippen molar-refractivity contribution in [2.75, 3.05) is 24.1 Å². The summed E-state index contributed by atoms with van der Waals surface area (Å²) in [6.07, 6.45) is 2.97. The zero-order chi connectivity index (χ0) is 25.0. The molecule has 0 saturated carbocycles. The minimum atomic E-state index is -4.77. The van der Waals surface area contributed by atoms with Gasteiger partial charge in [-0.2, -0.15) is 0 Å². The van der Waals surface area contributed by atoms with Gasteiger partial charge >= 0.3 is 6.36 Å². The first-order chi connectivity index (χ1) is 16.7. The number of rotatable bonds is 5. The zero-order valence-corrected chi connectivity index (χ0v) is 19.1. The second-order valence-electron chi connectivity index (χ2n) is 8.77. The van der Waals surface area contributed by atoms with E-state index in [0.29, 0.717) is 50.2 Å². The summed E-state index contributed by atoms with van der Waals surface area (Å²) in [6, 6.07) is 6.99. The first kappa shape index (κ1) is 24.6. The molecule has 1 aliphatic carbocycles. The number of hydrogen-bond donors (Lipinski definition) is 2. The lowest BCUT2D eigenvalue weighted by Gasteiger charge is -2.33. The van der Waals surface area contributed by atoms with E-state index in [1.165, 1.54) is 12.1 Å². The van der Waals surface area contributed by atoms with Crippen LogP contribution < -0.4 is 15.8 Å². The number of likely N-dealkylation sites (tertiary alicyclic amines) is 1. The number of alkyl halides is 3. The summed E-state index contributed by atoms with van der Waals surface area (Å²) in [4.78, 5) is 30.5. The first-order valence-corrected chi connectivity index (χ1v) is 11.6. The first-order valence-electron chi connectivity index (χ1n) is 11.6. The van der Waals surface area contributed by atoms with Crippen molar-refractivity contribution in [3.8, 4) is 5.75 Å². The Balaban J connectivity index is 1.34. The number of aromatic nitrogens is 1. The predicted octanol–water partition coefficient (Wildman–Crippen LogP) is 4.81. The van der Waals surface area contributed by atoms with Gasteiger partial charge in [0.2, 0.25) is 0 Å². The molecule has 0 spiro atoms. The monoisotopic (exact) mass is 488 g/mol. The number of nitrogen functional groups attached to an aromatic ring is 1. The minimum Gasteiger partial charge on any atom is -0.406 e. The van der Waals surface area contributed by atoms with E-state index in [0.717, 1.165) is 41.8 Å². The molecule has 0 bridgehead atoms. The van der Waals surface area contributed by atoms with Gasteiger partial charge in [0.25, 0.3) is 5.91 Å². The molecule has 10 heteroatoms. The Labute approximate surface area is 201 Å². The van der Waals surface area contributed by atoms with Crippen LogP contribution in [-0.4, -0.2) is 47.1 Å². The molecular formula is C25H27F3N4O3. The second-order valence-corrected chi connectivity index (χ2v) is 8.77. The maximum atomic E-state index is 12.8. The highest BCUT2D eigenvalue weighted by Gasteiger charge is 2.31. The Bertz CT molecular complexity index is 1110. The van der Waals surface area contributed by atoms with Crippen LogP contribution in [0.25, 0.3) is 5.57 Å². The Morgan fingerprint density at radius 2 is 1.86 bits per heavy atom. The average molecular weight is 489 g/mol. The van der Waals surface area contributed by atoms with Crippen LogP contribution >= 0.6 is 0 Å². The molecule has 186 valence electrons. The van der Waals surface area contributed by atoms with Crippen LogP contribution in [-0.2, 0) is 4.79 Å². The molecule has 4 rings (SSSR count). The van der Waals surface area contributed by atoms with Crippen LogP contribution in [0.5, 0.6) is 5.75 Å². The maximum Gasteiger partial charge on any atom is 0.573 e. The number of carbonyl (C=O) groups excluding carboxylic acids is 2. The zero-order valence-electron chi connectivity index (χ0n) is 19.1. The van der Waals surface area contributed by atoms with Crippen molar-refractivity contribution < 1.29 is 27.5 Å². The Morgan fingerprint density at radius 3 is 2.54 bits per heavy atom. The number of halogens is 3. The summed E-state index contributed by atoms with van der Waals surface area (Å²) >= 11 is 0. The molecule has 0 unspecified atom stereocenters. The highest BCUT2D eigenvalue weighted by atomic mass is 19.4. The lowest BCUT2D eigenvalue weighted by molar-refractivity contribution is -0.274. The Hall–Kier alpha value is -3.56. The van der Waals surface area contributed by atoms with Crippen molar-refractivity contribution >= 4 is 28.8 Å². The minimum absolute atomic E-state index is 0.0886. The van der Waals surface area contributed by atoms with E-state index in [1.54, 1.807) is 11.1 Å². The van der Waals surface area contributed by atoms with Crippen LogP contribution in [0.2, 0.25) is 0 Å². The molecule has 1 aliphatic heterocycles. The van der Waals surface area contributed by atoms with E-state index >= 15 is 0 Å². The number of anilines is 2. The summed E-state index contributed by atoms with van der Waals surface area (Å²) < 4.78 is 40.8. The molecule has 1 amide bonds. The number of hydrogen-bond acceptors (Lipinski definition) is 6. The van der Waals surface area contributed by atoms with E-state index in [4.69, 9.17) is 5.73 Å². The summed E-state index contributed by atoms with van der Waals surface area (Å²) in [6.45, 7) is 0.995. The van der Waals surface area contributed by atoms with E-state index in [1.807, 2.05) is 12.1 Å². The van der Waals surface area contributed by atoms with Gasteiger partial charge < -0.3 is 20.7 Å². The number of carbonyl (C=O) groups is 2. The number of nitrogens with two attached hydrogens (primary N) is 1. The van der Waals surface area contributed by atoms with Crippen LogP contribution in [0, 0.1) is 0 Å². The molecule has 7 nitrogen and oxygen atoms in total. The third kappa shape index (κ3) is 6.52. The molecule has 35 heavy (non-hydrogen) atoms. The van der Waals surface area contributed by atoms with Crippen LogP contribution in [0.4, 0.5) is 24.7 Å². The van der Waals surface area contributed by atoms with Gasteiger partial charge in [-0.1, -0.05) is 6.08 Å². The number of ether oxygens (including phenoxy) is 1. The molecular weight excluding hydrogens is 461 g/mol. The number of allylic oxidation sites excluding steroid dienone is 2. The third-order valence-electron chi connectivity index (χ3n) is 6.24. The van der Waals surface area contributed by atoms with Gasteiger partial charge in [-0.3, -0.25) is 9.59 Å².